The highest BCUT2D eigenvalue weighted by Gasteiger charge is 2.15. The van der Waals surface area contributed by atoms with Gasteiger partial charge in [-0.15, -0.1) is 5.10 Å². The van der Waals surface area contributed by atoms with Gasteiger partial charge in [-0.05, 0) is 19.9 Å². The highest BCUT2D eigenvalue weighted by atomic mass is 15.3. The molecule has 2 aromatic rings. The van der Waals surface area contributed by atoms with E-state index in [9.17, 15) is 0 Å². The number of aryl methyl sites for hydroxylation is 1. The molecule has 0 amide bonds. The highest BCUT2D eigenvalue weighted by molar-refractivity contribution is 5.93. The lowest BCUT2D eigenvalue weighted by Crippen LogP contribution is -2.29. The molecular weight excluding hydrogens is 224 g/mol. The first-order valence-corrected chi connectivity index (χ1v) is 6.54. The third-order valence-electron chi connectivity index (χ3n) is 3.49. The molecule has 1 aliphatic heterocycles. The smallest absolute Gasteiger partial charge is 0.159 e. The van der Waals surface area contributed by atoms with Gasteiger partial charge in [0.2, 0.25) is 0 Å². The van der Waals surface area contributed by atoms with Crippen molar-refractivity contribution in [3.05, 3.63) is 30.0 Å². The molecular formula is C14H18N4. The fraction of sp³-hybridized carbons (Fsp3) is 0.429. The SMILES string of the molecule is Cc1nnc(N2CCCNCC2)c2ccccc12. The number of benzene rings is 1. The average molecular weight is 242 g/mol. The Morgan fingerprint density at radius 3 is 2.78 bits per heavy atom. The zero-order valence-electron chi connectivity index (χ0n) is 10.7. The van der Waals surface area contributed by atoms with Gasteiger partial charge < -0.3 is 10.2 Å². The average Bonchev–Trinajstić information content (AvgIpc) is 2.68. The van der Waals surface area contributed by atoms with E-state index >= 15 is 0 Å². The monoisotopic (exact) mass is 242 g/mol. The summed E-state index contributed by atoms with van der Waals surface area (Å²) in [7, 11) is 0. The van der Waals surface area contributed by atoms with Gasteiger partial charge in [0.15, 0.2) is 5.82 Å². The zero-order chi connectivity index (χ0) is 12.4. The Bertz CT molecular complexity index is 544. The number of rotatable bonds is 1. The van der Waals surface area contributed by atoms with Crippen LogP contribution < -0.4 is 10.2 Å². The molecule has 2 heterocycles. The van der Waals surface area contributed by atoms with E-state index in [0.29, 0.717) is 0 Å². The number of aromatic nitrogens is 2. The molecule has 4 heteroatoms. The minimum atomic E-state index is 1.00. The minimum absolute atomic E-state index is 1.00. The van der Waals surface area contributed by atoms with Crippen LogP contribution in [0.15, 0.2) is 24.3 Å². The van der Waals surface area contributed by atoms with Crippen LogP contribution in [-0.4, -0.2) is 36.4 Å². The quantitative estimate of drug-likeness (QED) is 0.827. The largest absolute Gasteiger partial charge is 0.353 e. The Balaban J connectivity index is 2.08. The summed E-state index contributed by atoms with van der Waals surface area (Å²) in [6.07, 6.45) is 1.16. The topological polar surface area (TPSA) is 41.1 Å². The van der Waals surface area contributed by atoms with Crippen molar-refractivity contribution in [1.82, 2.24) is 15.5 Å². The van der Waals surface area contributed by atoms with E-state index in [2.05, 4.69) is 44.7 Å². The van der Waals surface area contributed by atoms with E-state index in [0.717, 1.165) is 44.1 Å². The van der Waals surface area contributed by atoms with E-state index in [1.807, 2.05) is 6.92 Å². The van der Waals surface area contributed by atoms with Crippen LogP contribution in [0.3, 0.4) is 0 Å². The molecule has 1 aliphatic rings. The summed E-state index contributed by atoms with van der Waals surface area (Å²) in [5.41, 5.74) is 1.00. The highest BCUT2D eigenvalue weighted by Crippen LogP contribution is 2.25. The molecule has 4 nitrogen and oxygen atoms in total. The minimum Gasteiger partial charge on any atom is -0.353 e. The summed E-state index contributed by atoms with van der Waals surface area (Å²) >= 11 is 0. The molecule has 0 bridgehead atoms. The molecule has 1 saturated heterocycles. The first-order valence-electron chi connectivity index (χ1n) is 6.54. The molecule has 0 atom stereocenters. The maximum absolute atomic E-state index is 4.42. The molecule has 3 rings (SSSR count). The van der Waals surface area contributed by atoms with Gasteiger partial charge in [0.25, 0.3) is 0 Å². The molecule has 94 valence electrons. The lowest BCUT2D eigenvalue weighted by Gasteiger charge is -2.22. The van der Waals surface area contributed by atoms with Gasteiger partial charge in [-0.25, -0.2) is 0 Å². The molecule has 18 heavy (non-hydrogen) atoms. The summed E-state index contributed by atoms with van der Waals surface area (Å²) in [6, 6.07) is 8.40. The van der Waals surface area contributed by atoms with Crippen LogP contribution in [0.25, 0.3) is 10.8 Å². The van der Waals surface area contributed by atoms with Gasteiger partial charge in [0.05, 0.1) is 5.69 Å². The number of hydrogen-bond donors (Lipinski definition) is 1. The molecule has 1 aromatic heterocycles. The first kappa shape index (κ1) is 11.4. The summed E-state index contributed by atoms with van der Waals surface area (Å²) < 4.78 is 0. The Morgan fingerprint density at radius 1 is 1.06 bits per heavy atom. The fourth-order valence-electron chi connectivity index (χ4n) is 2.51. The Labute approximate surface area is 107 Å². The molecule has 0 spiro atoms. The maximum atomic E-state index is 4.42. The number of nitrogens with zero attached hydrogens (tertiary/aromatic N) is 3. The Hall–Kier alpha value is -1.68. The lowest BCUT2D eigenvalue weighted by molar-refractivity contribution is 0.724. The second-order valence-corrected chi connectivity index (χ2v) is 4.75. The summed E-state index contributed by atoms with van der Waals surface area (Å²) in [5.74, 6) is 1.03. The van der Waals surface area contributed by atoms with Crippen LogP contribution in [0.4, 0.5) is 5.82 Å². The van der Waals surface area contributed by atoms with Crippen molar-refractivity contribution in [2.24, 2.45) is 0 Å². The van der Waals surface area contributed by atoms with Crippen LogP contribution in [0.5, 0.6) is 0 Å². The molecule has 1 fully saturated rings. The van der Waals surface area contributed by atoms with Crippen molar-refractivity contribution in [2.45, 2.75) is 13.3 Å². The van der Waals surface area contributed by atoms with Crippen molar-refractivity contribution >= 4 is 16.6 Å². The van der Waals surface area contributed by atoms with E-state index < -0.39 is 0 Å². The standard InChI is InChI=1S/C14H18N4/c1-11-12-5-2-3-6-13(12)14(17-16-11)18-9-4-7-15-8-10-18/h2-3,5-6,15H,4,7-10H2,1H3. The van der Waals surface area contributed by atoms with E-state index in [4.69, 9.17) is 0 Å². The van der Waals surface area contributed by atoms with Gasteiger partial charge in [-0.3, -0.25) is 0 Å². The Kier molecular flexibility index (Phi) is 3.11. The second-order valence-electron chi connectivity index (χ2n) is 4.75. The lowest BCUT2D eigenvalue weighted by atomic mass is 10.1. The molecule has 1 N–H and O–H groups in total. The van der Waals surface area contributed by atoms with Crippen LogP contribution in [-0.2, 0) is 0 Å². The van der Waals surface area contributed by atoms with Crippen molar-refractivity contribution < 1.29 is 0 Å². The van der Waals surface area contributed by atoms with Gasteiger partial charge in [-0.1, -0.05) is 24.3 Å². The Morgan fingerprint density at radius 2 is 1.89 bits per heavy atom. The van der Waals surface area contributed by atoms with Gasteiger partial charge in [0.1, 0.15) is 0 Å². The number of anilines is 1. The number of fused-ring (bicyclic) bond motifs is 1. The van der Waals surface area contributed by atoms with Crippen molar-refractivity contribution in [3.63, 3.8) is 0 Å². The number of nitrogens with one attached hydrogen (secondary N) is 1. The van der Waals surface area contributed by atoms with Crippen LogP contribution in [0.2, 0.25) is 0 Å². The third kappa shape index (κ3) is 2.04. The van der Waals surface area contributed by atoms with E-state index in [-0.39, 0.29) is 0 Å². The van der Waals surface area contributed by atoms with Crippen molar-refractivity contribution in [1.29, 1.82) is 0 Å². The molecule has 0 unspecified atom stereocenters. The first-order chi connectivity index (χ1) is 8.86. The third-order valence-corrected chi connectivity index (χ3v) is 3.49. The van der Waals surface area contributed by atoms with E-state index in [1.165, 1.54) is 10.8 Å². The summed E-state index contributed by atoms with van der Waals surface area (Å²) in [5, 5.41) is 14.6. The summed E-state index contributed by atoms with van der Waals surface area (Å²) in [6.45, 7) is 6.18. The zero-order valence-corrected chi connectivity index (χ0v) is 10.7. The predicted molar refractivity (Wildman–Crippen MR) is 74.0 cm³/mol. The molecule has 0 radical (unpaired) electrons. The maximum Gasteiger partial charge on any atom is 0.159 e. The number of hydrogen-bond acceptors (Lipinski definition) is 4. The van der Waals surface area contributed by atoms with Crippen molar-refractivity contribution in [2.75, 3.05) is 31.1 Å². The second kappa shape index (κ2) is 4.90. The molecule has 0 aliphatic carbocycles. The van der Waals surface area contributed by atoms with Crippen LogP contribution >= 0.6 is 0 Å². The fourth-order valence-corrected chi connectivity index (χ4v) is 2.51. The molecule has 0 saturated carbocycles. The van der Waals surface area contributed by atoms with Gasteiger partial charge in [0, 0.05) is 30.4 Å². The van der Waals surface area contributed by atoms with Gasteiger partial charge >= 0.3 is 0 Å². The van der Waals surface area contributed by atoms with E-state index in [1.54, 1.807) is 0 Å². The van der Waals surface area contributed by atoms with Crippen molar-refractivity contribution in [3.8, 4) is 0 Å². The van der Waals surface area contributed by atoms with Crippen LogP contribution in [0, 0.1) is 6.92 Å². The molecule has 1 aromatic carbocycles. The van der Waals surface area contributed by atoms with Gasteiger partial charge in [-0.2, -0.15) is 5.10 Å². The predicted octanol–water partition coefficient (Wildman–Crippen LogP) is 1.74. The normalized spacial score (nSPS) is 16.8. The van der Waals surface area contributed by atoms with Crippen LogP contribution in [0.1, 0.15) is 12.1 Å². The summed E-state index contributed by atoms with van der Waals surface area (Å²) in [4.78, 5) is 2.34.